The van der Waals surface area contributed by atoms with Gasteiger partial charge in [0.1, 0.15) is 11.5 Å². The van der Waals surface area contributed by atoms with Crippen LogP contribution in [0.3, 0.4) is 0 Å². The Kier molecular flexibility index (Phi) is 9.46. The largest absolute Gasteiger partial charge is 1.00 e. The van der Waals surface area contributed by atoms with Crippen LogP contribution in [-0.2, 0) is 13.1 Å². The minimum atomic E-state index is -0.0272. The second-order valence-corrected chi connectivity index (χ2v) is 6.87. The van der Waals surface area contributed by atoms with Crippen LogP contribution in [0.25, 0.3) is 21.8 Å². The van der Waals surface area contributed by atoms with Crippen LogP contribution in [0.4, 0.5) is 0 Å². The first-order valence-corrected chi connectivity index (χ1v) is 9.97. The molecule has 5 nitrogen and oxygen atoms in total. The predicted molar refractivity (Wildman–Crippen MR) is 126 cm³/mol. The van der Waals surface area contributed by atoms with Crippen molar-refractivity contribution in [1.29, 1.82) is 0 Å². The Morgan fingerprint density at radius 2 is 1.56 bits per heavy atom. The first-order chi connectivity index (χ1) is 15.1. The van der Waals surface area contributed by atoms with E-state index in [1.165, 1.54) is 5.39 Å². The van der Waals surface area contributed by atoms with E-state index in [4.69, 9.17) is 9.47 Å². The zero-order valence-electron chi connectivity index (χ0n) is 18.3. The third-order valence-electron chi connectivity index (χ3n) is 4.93. The van der Waals surface area contributed by atoms with Gasteiger partial charge in [-0.3, -0.25) is 4.79 Å². The van der Waals surface area contributed by atoms with Crippen LogP contribution in [0, 0.1) is 0 Å². The molecule has 0 N–H and O–H groups in total. The number of benzene rings is 2. The van der Waals surface area contributed by atoms with E-state index < -0.39 is 0 Å². The van der Waals surface area contributed by atoms with Crippen LogP contribution in [0.1, 0.15) is 0 Å². The van der Waals surface area contributed by atoms with Crippen molar-refractivity contribution in [1.82, 2.24) is 4.57 Å². The Hall–Kier alpha value is -3.13. The molecule has 0 aliphatic heterocycles. The van der Waals surface area contributed by atoms with Gasteiger partial charge in [0.25, 0.3) is 5.56 Å². The number of halogens is 1. The van der Waals surface area contributed by atoms with Crippen LogP contribution in [0.5, 0.6) is 11.5 Å². The normalized spacial score (nSPS) is 9.94. The Bertz CT molecular complexity index is 1280. The maximum atomic E-state index is 11.7. The van der Waals surface area contributed by atoms with Crippen molar-refractivity contribution in [3.05, 3.63) is 103 Å². The molecule has 0 bridgehead atoms. The van der Waals surface area contributed by atoms with Gasteiger partial charge < -0.3 is 38.0 Å². The van der Waals surface area contributed by atoms with Gasteiger partial charge >= 0.3 is 0 Å². The second kappa shape index (κ2) is 12.0. The Balaban J connectivity index is 0.000000220. The Labute approximate surface area is 205 Å². The highest BCUT2D eigenvalue weighted by Gasteiger charge is 2.07. The number of allylic oxidation sites excluding steroid dienone is 2. The summed E-state index contributed by atoms with van der Waals surface area (Å²) in [6, 6.07) is 19.3. The highest BCUT2D eigenvalue weighted by Crippen LogP contribution is 2.19. The van der Waals surface area contributed by atoms with Gasteiger partial charge in [0.05, 0.1) is 25.8 Å². The quantitative estimate of drug-likeness (QED) is 0.211. The summed E-state index contributed by atoms with van der Waals surface area (Å²) in [5.41, 5.74) is 2.00. The summed E-state index contributed by atoms with van der Waals surface area (Å²) in [4.78, 5) is 11.7. The van der Waals surface area contributed by atoms with E-state index in [-0.39, 0.29) is 29.5 Å². The number of pyridine rings is 2. The molecule has 0 radical (unpaired) electrons. The fourth-order valence-corrected chi connectivity index (χ4v) is 3.38. The molecule has 166 valence electrons. The van der Waals surface area contributed by atoms with Gasteiger partial charge in [-0.15, -0.1) is 6.58 Å². The SMILES string of the molecule is C=CC[n+]1cccc2ccc(OC)cc21.C=CCn1c(=O)ccc2ccc(OC)cc21.[I-]. The summed E-state index contributed by atoms with van der Waals surface area (Å²) < 4.78 is 14.2. The van der Waals surface area contributed by atoms with E-state index in [1.807, 2.05) is 54.7 Å². The number of ether oxygens (including phenoxy) is 2. The first-order valence-electron chi connectivity index (χ1n) is 9.97. The smallest absolute Gasteiger partial charge is 0.251 e. The standard InChI is InChI=1S/C13H13NO2.C13H14NO.HI/c1-3-8-14-12-9-11(16-2)6-4-10(12)5-7-13(14)15;1-3-8-14-9-4-5-11-6-7-12(15-2)10-13(11)14;/h3-7,9H,1,8H2,2H3;3-7,9-10H,1,8H2,2H3;1H/q;+1;/p-1. The third kappa shape index (κ3) is 5.76. The topological polar surface area (TPSA) is 44.3 Å². The van der Waals surface area contributed by atoms with Crippen molar-refractivity contribution in [3.8, 4) is 11.5 Å². The third-order valence-corrected chi connectivity index (χ3v) is 4.93. The van der Waals surface area contributed by atoms with Crippen molar-refractivity contribution >= 4 is 21.8 Å². The maximum Gasteiger partial charge on any atom is 0.251 e. The Morgan fingerprint density at radius 3 is 2.22 bits per heavy atom. The number of aromatic nitrogens is 2. The lowest BCUT2D eigenvalue weighted by Gasteiger charge is -2.08. The Morgan fingerprint density at radius 1 is 0.906 bits per heavy atom. The van der Waals surface area contributed by atoms with Gasteiger partial charge in [-0.25, -0.2) is 0 Å². The monoisotopic (exact) mass is 542 g/mol. The van der Waals surface area contributed by atoms with Gasteiger partial charge in [0.2, 0.25) is 5.52 Å². The number of hydrogen-bond donors (Lipinski definition) is 0. The van der Waals surface area contributed by atoms with Crippen LogP contribution in [-0.4, -0.2) is 18.8 Å². The molecule has 0 aliphatic rings. The van der Waals surface area contributed by atoms with Gasteiger partial charge in [0, 0.05) is 30.1 Å². The average molecular weight is 542 g/mol. The summed E-state index contributed by atoms with van der Waals surface area (Å²) >= 11 is 0. The molecule has 6 heteroatoms. The first kappa shape index (κ1) is 25.1. The summed E-state index contributed by atoms with van der Waals surface area (Å²) in [7, 11) is 3.29. The molecule has 0 unspecified atom stereocenters. The molecular formula is C26H27IN2O3. The average Bonchev–Trinajstić information content (AvgIpc) is 2.81. The summed E-state index contributed by atoms with van der Waals surface area (Å²) in [6.07, 6.45) is 5.64. The molecule has 0 saturated heterocycles. The second-order valence-electron chi connectivity index (χ2n) is 6.87. The molecule has 0 fully saturated rings. The number of fused-ring (bicyclic) bond motifs is 2. The van der Waals surface area contributed by atoms with Crippen LogP contribution in [0.15, 0.2) is 97.0 Å². The molecule has 0 amide bonds. The van der Waals surface area contributed by atoms with Crippen molar-refractivity contribution in [2.45, 2.75) is 13.1 Å². The minimum absolute atomic E-state index is 0. The zero-order valence-corrected chi connectivity index (χ0v) is 20.5. The number of hydrogen-bond acceptors (Lipinski definition) is 3. The highest BCUT2D eigenvalue weighted by atomic mass is 127. The molecular weight excluding hydrogens is 515 g/mol. The number of methoxy groups -OCH3 is 2. The lowest BCUT2D eigenvalue weighted by atomic mass is 10.2. The molecule has 2 heterocycles. The lowest BCUT2D eigenvalue weighted by Crippen LogP contribution is -3.00. The summed E-state index contributed by atoms with van der Waals surface area (Å²) in [5, 5.41) is 2.22. The molecule has 4 rings (SSSR count). The molecule has 2 aromatic carbocycles. The van der Waals surface area contributed by atoms with Gasteiger partial charge in [0.15, 0.2) is 12.7 Å². The van der Waals surface area contributed by atoms with Crippen molar-refractivity contribution in [3.63, 3.8) is 0 Å². The van der Waals surface area contributed by atoms with Gasteiger partial charge in [-0.05, 0) is 47.9 Å². The predicted octanol–water partition coefficient (Wildman–Crippen LogP) is 1.52. The maximum absolute atomic E-state index is 11.7. The van der Waals surface area contributed by atoms with Crippen molar-refractivity contribution < 1.29 is 38.0 Å². The lowest BCUT2D eigenvalue weighted by molar-refractivity contribution is -0.660. The molecule has 0 saturated carbocycles. The van der Waals surface area contributed by atoms with E-state index in [9.17, 15) is 4.79 Å². The summed E-state index contributed by atoms with van der Waals surface area (Å²) in [5.74, 6) is 1.63. The van der Waals surface area contributed by atoms with Gasteiger partial charge in [-0.1, -0.05) is 12.7 Å². The zero-order chi connectivity index (χ0) is 22.2. The van der Waals surface area contributed by atoms with E-state index in [0.717, 1.165) is 34.5 Å². The van der Waals surface area contributed by atoms with Crippen LogP contribution >= 0.6 is 0 Å². The molecule has 32 heavy (non-hydrogen) atoms. The molecule has 4 aromatic rings. The molecule has 0 aliphatic carbocycles. The van der Waals surface area contributed by atoms with Crippen LogP contribution < -0.4 is 43.6 Å². The van der Waals surface area contributed by atoms with Crippen molar-refractivity contribution in [2.24, 2.45) is 0 Å². The number of nitrogens with zero attached hydrogens (tertiary/aromatic N) is 2. The fraction of sp³-hybridized carbons (Fsp3) is 0.154. The number of rotatable bonds is 6. The van der Waals surface area contributed by atoms with Gasteiger partial charge in [-0.2, -0.15) is 4.57 Å². The van der Waals surface area contributed by atoms with E-state index >= 15 is 0 Å². The highest BCUT2D eigenvalue weighted by molar-refractivity contribution is 5.80. The molecule has 0 spiro atoms. The fourth-order valence-electron chi connectivity index (χ4n) is 3.38. The van der Waals surface area contributed by atoms with Crippen LogP contribution in [0.2, 0.25) is 0 Å². The molecule has 2 aromatic heterocycles. The van der Waals surface area contributed by atoms with E-state index in [2.05, 4.69) is 29.9 Å². The minimum Gasteiger partial charge on any atom is -1.00 e. The van der Waals surface area contributed by atoms with Crippen molar-refractivity contribution in [2.75, 3.05) is 14.2 Å². The summed E-state index contributed by atoms with van der Waals surface area (Å²) in [6.45, 7) is 8.72. The van der Waals surface area contributed by atoms with E-state index in [1.54, 1.807) is 30.9 Å². The molecule has 0 atom stereocenters. The van der Waals surface area contributed by atoms with E-state index in [0.29, 0.717) is 6.54 Å².